The third kappa shape index (κ3) is 4.36. The number of aryl methyl sites for hydroxylation is 1. The van der Waals surface area contributed by atoms with Gasteiger partial charge in [0.1, 0.15) is 11.5 Å². The van der Waals surface area contributed by atoms with Crippen molar-refractivity contribution in [3.63, 3.8) is 0 Å². The molecular formula is C19H18N2O3S. The van der Waals surface area contributed by atoms with Crippen LogP contribution >= 0.6 is 11.3 Å². The highest BCUT2D eigenvalue weighted by molar-refractivity contribution is 7.09. The van der Waals surface area contributed by atoms with Crippen LogP contribution in [0.15, 0.2) is 53.9 Å². The van der Waals surface area contributed by atoms with Crippen molar-refractivity contribution < 1.29 is 14.3 Å². The van der Waals surface area contributed by atoms with Gasteiger partial charge in [-0.2, -0.15) is 0 Å². The third-order valence-electron chi connectivity index (χ3n) is 3.51. The Morgan fingerprint density at radius 1 is 1.16 bits per heavy atom. The molecular weight excluding hydrogens is 336 g/mol. The maximum Gasteiger partial charge on any atom is 0.262 e. The maximum absolute atomic E-state index is 12.2. The van der Waals surface area contributed by atoms with Gasteiger partial charge in [0.15, 0.2) is 6.61 Å². The average Bonchev–Trinajstić information content (AvgIpc) is 3.07. The van der Waals surface area contributed by atoms with E-state index in [0.717, 1.165) is 16.3 Å². The number of methoxy groups -OCH3 is 1. The fourth-order valence-electron chi connectivity index (χ4n) is 2.33. The molecule has 0 spiro atoms. The van der Waals surface area contributed by atoms with Crippen LogP contribution in [-0.4, -0.2) is 24.6 Å². The van der Waals surface area contributed by atoms with Gasteiger partial charge in [-0.15, -0.1) is 11.3 Å². The maximum atomic E-state index is 12.2. The Morgan fingerprint density at radius 2 is 1.96 bits per heavy atom. The summed E-state index contributed by atoms with van der Waals surface area (Å²) in [7, 11) is 1.59. The number of ether oxygens (including phenoxy) is 2. The number of anilines is 1. The minimum atomic E-state index is -0.234. The molecule has 3 rings (SSSR count). The van der Waals surface area contributed by atoms with Crippen LogP contribution < -0.4 is 14.8 Å². The first-order valence-corrected chi connectivity index (χ1v) is 8.62. The van der Waals surface area contributed by atoms with Crippen molar-refractivity contribution in [3.05, 3.63) is 58.9 Å². The van der Waals surface area contributed by atoms with Crippen LogP contribution in [-0.2, 0) is 4.79 Å². The average molecular weight is 354 g/mol. The van der Waals surface area contributed by atoms with E-state index in [0.29, 0.717) is 17.2 Å². The number of hydrogen-bond acceptors (Lipinski definition) is 5. The lowest BCUT2D eigenvalue weighted by Gasteiger charge is -2.11. The van der Waals surface area contributed by atoms with Gasteiger partial charge in [-0.1, -0.05) is 24.3 Å². The van der Waals surface area contributed by atoms with Crippen LogP contribution in [0, 0.1) is 6.92 Å². The summed E-state index contributed by atoms with van der Waals surface area (Å²) < 4.78 is 10.7. The molecule has 0 fully saturated rings. The molecule has 0 aliphatic heterocycles. The van der Waals surface area contributed by atoms with Crippen LogP contribution in [0.5, 0.6) is 11.5 Å². The Bertz CT molecular complexity index is 876. The highest BCUT2D eigenvalue weighted by atomic mass is 32.1. The van der Waals surface area contributed by atoms with E-state index in [9.17, 15) is 4.79 Å². The van der Waals surface area contributed by atoms with E-state index in [1.165, 1.54) is 0 Å². The van der Waals surface area contributed by atoms with E-state index in [1.54, 1.807) is 30.6 Å². The summed E-state index contributed by atoms with van der Waals surface area (Å²) in [6, 6.07) is 14.7. The molecule has 0 atom stereocenters. The second-order valence-electron chi connectivity index (χ2n) is 5.31. The normalized spacial score (nSPS) is 10.3. The molecule has 2 aromatic carbocycles. The molecule has 0 unspecified atom stereocenters. The Hall–Kier alpha value is -2.86. The van der Waals surface area contributed by atoms with E-state index in [-0.39, 0.29) is 12.5 Å². The second kappa shape index (κ2) is 7.81. The first kappa shape index (κ1) is 17.0. The van der Waals surface area contributed by atoms with Crippen LogP contribution in [0.1, 0.15) is 5.01 Å². The van der Waals surface area contributed by atoms with Crippen LogP contribution in [0.3, 0.4) is 0 Å². The Kier molecular flexibility index (Phi) is 5.30. The van der Waals surface area contributed by atoms with Gasteiger partial charge in [0.2, 0.25) is 0 Å². The molecule has 128 valence electrons. The number of rotatable bonds is 6. The molecule has 5 nitrogen and oxygen atoms in total. The molecule has 1 aromatic heterocycles. The molecule has 3 aromatic rings. The summed E-state index contributed by atoms with van der Waals surface area (Å²) in [6.45, 7) is 1.87. The van der Waals surface area contributed by atoms with E-state index in [4.69, 9.17) is 9.47 Å². The largest absolute Gasteiger partial charge is 0.497 e. The number of nitrogens with zero attached hydrogens (tertiary/aromatic N) is 1. The van der Waals surface area contributed by atoms with Crippen LogP contribution in [0.2, 0.25) is 0 Å². The first-order chi connectivity index (χ1) is 12.2. The van der Waals surface area contributed by atoms with Gasteiger partial charge in [0.05, 0.1) is 23.5 Å². The van der Waals surface area contributed by atoms with Gasteiger partial charge in [0.25, 0.3) is 5.91 Å². The summed E-state index contributed by atoms with van der Waals surface area (Å²) in [5.74, 6) is 1.03. The zero-order chi connectivity index (χ0) is 17.6. The van der Waals surface area contributed by atoms with Gasteiger partial charge < -0.3 is 14.8 Å². The smallest absolute Gasteiger partial charge is 0.262 e. The molecule has 25 heavy (non-hydrogen) atoms. The van der Waals surface area contributed by atoms with Crippen molar-refractivity contribution in [3.8, 4) is 22.8 Å². The molecule has 1 N–H and O–H groups in total. The van der Waals surface area contributed by atoms with Crippen molar-refractivity contribution in [1.29, 1.82) is 0 Å². The van der Waals surface area contributed by atoms with Gasteiger partial charge in [-0.25, -0.2) is 4.98 Å². The highest BCUT2D eigenvalue weighted by Crippen LogP contribution is 2.28. The molecule has 0 aliphatic rings. The van der Waals surface area contributed by atoms with Crippen LogP contribution in [0.25, 0.3) is 11.3 Å². The molecule has 0 bridgehead atoms. The Labute approximate surface area is 150 Å². The van der Waals surface area contributed by atoms with Crippen molar-refractivity contribution in [2.75, 3.05) is 19.0 Å². The molecule has 6 heteroatoms. The number of benzene rings is 2. The number of nitrogens with one attached hydrogen (secondary N) is 1. The quantitative estimate of drug-likeness (QED) is 0.722. The van der Waals surface area contributed by atoms with Gasteiger partial charge in [0, 0.05) is 17.0 Å². The van der Waals surface area contributed by atoms with Crippen molar-refractivity contribution in [2.24, 2.45) is 0 Å². The predicted octanol–water partition coefficient (Wildman–Crippen LogP) is 4.14. The van der Waals surface area contributed by atoms with Crippen molar-refractivity contribution in [1.82, 2.24) is 4.98 Å². The standard InChI is InChI=1S/C19H18N2O3S/c1-13-20-18(12-25-13)16-8-3-4-9-17(16)21-19(22)11-24-15-7-5-6-14(10-15)23-2/h3-10,12H,11H2,1-2H3,(H,21,22). The van der Waals surface area contributed by atoms with E-state index in [2.05, 4.69) is 10.3 Å². The van der Waals surface area contributed by atoms with E-state index in [1.807, 2.05) is 48.7 Å². The Morgan fingerprint density at radius 3 is 2.72 bits per heavy atom. The number of carbonyl (C=O) groups excluding carboxylic acids is 1. The summed E-state index contributed by atoms with van der Waals surface area (Å²) in [5, 5.41) is 5.85. The molecule has 0 aliphatic carbocycles. The number of amides is 1. The van der Waals surface area contributed by atoms with Gasteiger partial charge in [-0.05, 0) is 25.1 Å². The van der Waals surface area contributed by atoms with Gasteiger partial charge in [-0.3, -0.25) is 4.79 Å². The molecule has 0 saturated heterocycles. The SMILES string of the molecule is COc1cccc(OCC(=O)Nc2ccccc2-c2csc(C)n2)c1. The summed E-state index contributed by atoms with van der Waals surface area (Å²) in [5.41, 5.74) is 2.46. The number of carbonyl (C=O) groups is 1. The third-order valence-corrected chi connectivity index (χ3v) is 4.28. The summed E-state index contributed by atoms with van der Waals surface area (Å²) >= 11 is 1.58. The number of hydrogen-bond donors (Lipinski definition) is 1. The fourth-order valence-corrected chi connectivity index (χ4v) is 2.94. The Balaban J connectivity index is 1.67. The monoisotopic (exact) mass is 354 g/mol. The lowest BCUT2D eigenvalue weighted by atomic mass is 10.1. The zero-order valence-corrected chi connectivity index (χ0v) is 14.8. The fraction of sp³-hybridized carbons (Fsp3) is 0.158. The van der Waals surface area contributed by atoms with Crippen molar-refractivity contribution >= 4 is 22.9 Å². The number of aromatic nitrogens is 1. The summed E-state index contributed by atoms with van der Waals surface area (Å²) in [6.07, 6.45) is 0. The van der Waals surface area contributed by atoms with Crippen molar-refractivity contribution in [2.45, 2.75) is 6.92 Å². The number of thiazole rings is 1. The highest BCUT2D eigenvalue weighted by Gasteiger charge is 2.11. The molecule has 0 saturated carbocycles. The molecule has 0 radical (unpaired) electrons. The van der Waals surface area contributed by atoms with E-state index < -0.39 is 0 Å². The predicted molar refractivity (Wildman–Crippen MR) is 99.4 cm³/mol. The lowest BCUT2D eigenvalue weighted by Crippen LogP contribution is -2.20. The topological polar surface area (TPSA) is 60.5 Å². The molecule has 1 heterocycles. The second-order valence-corrected chi connectivity index (χ2v) is 6.38. The van der Waals surface area contributed by atoms with Crippen LogP contribution in [0.4, 0.5) is 5.69 Å². The lowest BCUT2D eigenvalue weighted by molar-refractivity contribution is -0.118. The zero-order valence-electron chi connectivity index (χ0n) is 14.0. The minimum Gasteiger partial charge on any atom is -0.497 e. The first-order valence-electron chi connectivity index (χ1n) is 7.74. The summed E-state index contributed by atoms with van der Waals surface area (Å²) in [4.78, 5) is 16.7. The molecule has 1 amide bonds. The number of para-hydroxylation sites is 1. The van der Waals surface area contributed by atoms with E-state index >= 15 is 0 Å². The minimum absolute atomic E-state index is 0.0857. The van der Waals surface area contributed by atoms with Gasteiger partial charge >= 0.3 is 0 Å².